The molecule has 1 amide bonds. The first-order valence-corrected chi connectivity index (χ1v) is 7.44. The summed E-state index contributed by atoms with van der Waals surface area (Å²) in [5, 5.41) is 6.12. The standard InChI is InChI=1S/C17H18FN3O/c18-16-8-7-14(11-20-16)13-5-3-12(4-6-13)10-21-17(22)15-2-1-9-19-15/h3-8,11,15,19H,1-2,9-10H2,(H,21,22)/t15-/m0/s1. The van der Waals surface area contributed by atoms with Crippen molar-refractivity contribution in [2.24, 2.45) is 0 Å². The zero-order valence-corrected chi connectivity index (χ0v) is 12.2. The summed E-state index contributed by atoms with van der Waals surface area (Å²) < 4.78 is 12.8. The normalized spacial score (nSPS) is 17.4. The minimum Gasteiger partial charge on any atom is -0.351 e. The Balaban J connectivity index is 1.59. The summed E-state index contributed by atoms with van der Waals surface area (Å²) in [6, 6.07) is 10.8. The lowest BCUT2D eigenvalue weighted by molar-refractivity contribution is -0.122. The fourth-order valence-electron chi connectivity index (χ4n) is 2.58. The van der Waals surface area contributed by atoms with Crippen LogP contribution in [0.25, 0.3) is 11.1 Å². The number of benzene rings is 1. The van der Waals surface area contributed by atoms with Crippen molar-refractivity contribution in [2.75, 3.05) is 6.54 Å². The molecule has 5 heteroatoms. The van der Waals surface area contributed by atoms with E-state index in [1.165, 1.54) is 12.3 Å². The molecule has 0 aliphatic carbocycles. The first-order chi connectivity index (χ1) is 10.7. The van der Waals surface area contributed by atoms with Crippen LogP contribution in [0.3, 0.4) is 0 Å². The molecule has 2 N–H and O–H groups in total. The summed E-state index contributed by atoms with van der Waals surface area (Å²) >= 11 is 0. The number of hydrogen-bond acceptors (Lipinski definition) is 3. The number of aromatic nitrogens is 1. The van der Waals surface area contributed by atoms with Gasteiger partial charge in [0, 0.05) is 18.3 Å². The lowest BCUT2D eigenvalue weighted by Gasteiger charge is -2.11. The molecule has 1 aromatic carbocycles. The Hall–Kier alpha value is -2.27. The number of rotatable bonds is 4. The van der Waals surface area contributed by atoms with Crippen molar-refractivity contribution in [3.05, 3.63) is 54.1 Å². The minimum atomic E-state index is -0.483. The van der Waals surface area contributed by atoms with Crippen molar-refractivity contribution < 1.29 is 9.18 Å². The summed E-state index contributed by atoms with van der Waals surface area (Å²) in [5.74, 6) is -0.423. The van der Waals surface area contributed by atoms with E-state index in [0.29, 0.717) is 6.54 Å². The maximum atomic E-state index is 12.8. The predicted octanol–water partition coefficient (Wildman–Crippen LogP) is 2.26. The highest BCUT2D eigenvalue weighted by atomic mass is 19.1. The first-order valence-electron chi connectivity index (χ1n) is 7.44. The molecule has 1 fully saturated rings. The van der Waals surface area contributed by atoms with E-state index >= 15 is 0 Å². The van der Waals surface area contributed by atoms with Crippen LogP contribution in [0.15, 0.2) is 42.6 Å². The van der Waals surface area contributed by atoms with Gasteiger partial charge in [0.1, 0.15) is 0 Å². The minimum absolute atomic E-state index is 0.0513. The van der Waals surface area contributed by atoms with Gasteiger partial charge in [-0.25, -0.2) is 4.98 Å². The van der Waals surface area contributed by atoms with Gasteiger partial charge in [0.15, 0.2) is 0 Å². The zero-order valence-electron chi connectivity index (χ0n) is 12.2. The third-order valence-corrected chi connectivity index (χ3v) is 3.86. The van der Waals surface area contributed by atoms with Gasteiger partial charge in [0.2, 0.25) is 11.9 Å². The predicted molar refractivity (Wildman–Crippen MR) is 82.5 cm³/mol. The second-order valence-electron chi connectivity index (χ2n) is 5.43. The molecular weight excluding hydrogens is 281 g/mol. The molecule has 2 heterocycles. The molecule has 114 valence electrons. The lowest BCUT2D eigenvalue weighted by Crippen LogP contribution is -2.39. The van der Waals surface area contributed by atoms with E-state index in [-0.39, 0.29) is 11.9 Å². The van der Waals surface area contributed by atoms with Crippen LogP contribution in [-0.2, 0) is 11.3 Å². The molecule has 1 saturated heterocycles. The van der Waals surface area contributed by atoms with Crippen LogP contribution in [0, 0.1) is 5.95 Å². The summed E-state index contributed by atoms with van der Waals surface area (Å²) in [6.07, 6.45) is 3.47. The van der Waals surface area contributed by atoms with Crippen LogP contribution >= 0.6 is 0 Å². The topological polar surface area (TPSA) is 54.0 Å². The number of amides is 1. The summed E-state index contributed by atoms with van der Waals surface area (Å²) in [4.78, 5) is 15.6. The SMILES string of the molecule is O=C(NCc1ccc(-c2ccc(F)nc2)cc1)[C@@H]1CCCN1. The summed E-state index contributed by atoms with van der Waals surface area (Å²) in [5.41, 5.74) is 2.87. The number of halogens is 1. The van der Waals surface area contributed by atoms with Gasteiger partial charge in [-0.3, -0.25) is 4.79 Å². The van der Waals surface area contributed by atoms with Crippen LogP contribution in [0.4, 0.5) is 4.39 Å². The largest absolute Gasteiger partial charge is 0.351 e. The van der Waals surface area contributed by atoms with Gasteiger partial charge in [0.25, 0.3) is 0 Å². The Morgan fingerprint density at radius 1 is 1.23 bits per heavy atom. The molecule has 3 rings (SSSR count). The van der Waals surface area contributed by atoms with Crippen molar-refractivity contribution >= 4 is 5.91 Å². The number of nitrogens with zero attached hydrogens (tertiary/aromatic N) is 1. The molecule has 0 saturated carbocycles. The van der Waals surface area contributed by atoms with Crippen molar-refractivity contribution in [3.8, 4) is 11.1 Å². The molecule has 0 spiro atoms. The molecule has 1 aliphatic heterocycles. The number of hydrogen-bond donors (Lipinski definition) is 2. The number of nitrogens with one attached hydrogen (secondary N) is 2. The van der Waals surface area contributed by atoms with Crippen LogP contribution in [0.1, 0.15) is 18.4 Å². The zero-order chi connectivity index (χ0) is 15.4. The highest BCUT2D eigenvalue weighted by Gasteiger charge is 2.21. The number of carbonyl (C=O) groups is 1. The van der Waals surface area contributed by atoms with Crippen LogP contribution in [0.2, 0.25) is 0 Å². The second kappa shape index (κ2) is 6.66. The molecule has 2 aromatic rings. The molecular formula is C17H18FN3O. The van der Waals surface area contributed by atoms with E-state index in [2.05, 4.69) is 15.6 Å². The van der Waals surface area contributed by atoms with Gasteiger partial charge in [-0.15, -0.1) is 0 Å². The monoisotopic (exact) mass is 299 g/mol. The Labute approximate surface area is 128 Å². The van der Waals surface area contributed by atoms with Crippen LogP contribution < -0.4 is 10.6 Å². The highest BCUT2D eigenvalue weighted by Crippen LogP contribution is 2.19. The molecule has 4 nitrogen and oxygen atoms in total. The van der Waals surface area contributed by atoms with Crippen molar-refractivity contribution in [2.45, 2.75) is 25.4 Å². The lowest BCUT2D eigenvalue weighted by atomic mass is 10.1. The Bertz CT molecular complexity index is 634. The maximum absolute atomic E-state index is 12.8. The average Bonchev–Trinajstić information content (AvgIpc) is 3.08. The summed E-state index contributed by atoms with van der Waals surface area (Å²) in [7, 11) is 0. The van der Waals surface area contributed by atoms with E-state index in [9.17, 15) is 9.18 Å². The number of carbonyl (C=O) groups excluding carboxylic acids is 1. The van der Waals surface area contributed by atoms with Gasteiger partial charge in [-0.1, -0.05) is 24.3 Å². The third kappa shape index (κ3) is 3.49. The molecule has 0 radical (unpaired) electrons. The molecule has 1 aliphatic rings. The number of pyridine rings is 1. The van der Waals surface area contributed by atoms with Gasteiger partial charge < -0.3 is 10.6 Å². The fourth-order valence-corrected chi connectivity index (χ4v) is 2.58. The Kier molecular flexibility index (Phi) is 4.44. The van der Waals surface area contributed by atoms with Crippen molar-refractivity contribution in [1.29, 1.82) is 0 Å². The molecule has 22 heavy (non-hydrogen) atoms. The van der Waals surface area contributed by atoms with Crippen molar-refractivity contribution in [1.82, 2.24) is 15.6 Å². The van der Waals surface area contributed by atoms with Crippen LogP contribution in [-0.4, -0.2) is 23.5 Å². The van der Waals surface area contributed by atoms with Gasteiger partial charge >= 0.3 is 0 Å². The van der Waals surface area contributed by atoms with E-state index in [1.807, 2.05) is 24.3 Å². The fraction of sp³-hybridized carbons (Fsp3) is 0.294. The van der Waals surface area contributed by atoms with Gasteiger partial charge in [-0.05, 0) is 42.6 Å². The molecule has 0 unspecified atom stereocenters. The Morgan fingerprint density at radius 3 is 2.64 bits per heavy atom. The molecule has 0 bridgehead atoms. The first kappa shape index (κ1) is 14.7. The van der Waals surface area contributed by atoms with Gasteiger partial charge in [-0.2, -0.15) is 4.39 Å². The maximum Gasteiger partial charge on any atom is 0.237 e. The average molecular weight is 299 g/mol. The Morgan fingerprint density at radius 2 is 2.00 bits per heavy atom. The van der Waals surface area contributed by atoms with E-state index < -0.39 is 5.95 Å². The third-order valence-electron chi connectivity index (χ3n) is 3.86. The highest BCUT2D eigenvalue weighted by molar-refractivity contribution is 5.82. The quantitative estimate of drug-likeness (QED) is 0.852. The second-order valence-corrected chi connectivity index (χ2v) is 5.43. The van der Waals surface area contributed by atoms with E-state index in [0.717, 1.165) is 36.1 Å². The molecule has 1 atom stereocenters. The van der Waals surface area contributed by atoms with E-state index in [4.69, 9.17) is 0 Å². The van der Waals surface area contributed by atoms with E-state index in [1.54, 1.807) is 6.07 Å². The summed E-state index contributed by atoms with van der Waals surface area (Å²) in [6.45, 7) is 1.43. The van der Waals surface area contributed by atoms with Gasteiger partial charge in [0.05, 0.1) is 6.04 Å². The van der Waals surface area contributed by atoms with Crippen molar-refractivity contribution in [3.63, 3.8) is 0 Å². The smallest absolute Gasteiger partial charge is 0.237 e. The van der Waals surface area contributed by atoms with Crippen LogP contribution in [0.5, 0.6) is 0 Å². The molecule has 1 aromatic heterocycles.